The first-order valence-electron chi connectivity index (χ1n) is 6.08. The summed E-state index contributed by atoms with van der Waals surface area (Å²) in [5, 5.41) is 3.98. The number of rotatable bonds is 5. The maximum absolute atomic E-state index is 11.4. The number of hydrogen-bond donors (Lipinski definition) is 2. The van der Waals surface area contributed by atoms with E-state index in [0.29, 0.717) is 5.95 Å². The number of H-pyrrole nitrogens is 1. The molecule has 0 saturated heterocycles. The third kappa shape index (κ3) is 4.02. The number of anilines is 1. The first-order valence-corrected chi connectivity index (χ1v) is 6.08. The van der Waals surface area contributed by atoms with Crippen LogP contribution in [0.2, 0.25) is 0 Å². The molecule has 2 N–H and O–H groups in total. The van der Waals surface area contributed by atoms with Crippen LogP contribution in [-0.4, -0.2) is 21.2 Å². The summed E-state index contributed by atoms with van der Waals surface area (Å²) in [6.45, 7) is 2.04. The summed E-state index contributed by atoms with van der Waals surface area (Å²) >= 11 is 0. The topological polar surface area (TPSA) is 83.0 Å². The summed E-state index contributed by atoms with van der Waals surface area (Å²) in [5.41, 5.74) is 3.99. The zero-order valence-electron chi connectivity index (χ0n) is 10.6. The minimum atomic E-state index is -0.186. The van der Waals surface area contributed by atoms with E-state index in [0.717, 1.165) is 24.2 Å². The molecule has 0 radical (unpaired) electrons. The highest BCUT2D eigenvalue weighted by molar-refractivity contribution is 5.77. The van der Waals surface area contributed by atoms with Gasteiger partial charge in [-0.3, -0.25) is 14.8 Å². The second kappa shape index (κ2) is 6.44. The number of nitrogens with one attached hydrogen (secondary N) is 2. The van der Waals surface area contributed by atoms with Gasteiger partial charge in [0.25, 0.3) is 5.56 Å². The summed E-state index contributed by atoms with van der Waals surface area (Å²) in [4.78, 5) is 22.3. The van der Waals surface area contributed by atoms with Crippen molar-refractivity contribution in [2.24, 2.45) is 5.10 Å². The standard InChI is InChI=1S/C13H15N5O/c1-2-5-10-8-12(19)17-13(16-10)18-15-9-11-6-3-4-7-14-11/h3-4,6-9H,2,5H2,1H3,(H2,16,17,18,19)/b15-9+. The Bertz CT molecular complexity index is 606. The van der Waals surface area contributed by atoms with Crippen molar-refractivity contribution < 1.29 is 0 Å². The van der Waals surface area contributed by atoms with Gasteiger partial charge in [-0.2, -0.15) is 5.10 Å². The van der Waals surface area contributed by atoms with E-state index in [4.69, 9.17) is 0 Å². The van der Waals surface area contributed by atoms with Crippen LogP contribution in [0.15, 0.2) is 40.4 Å². The van der Waals surface area contributed by atoms with E-state index in [1.54, 1.807) is 12.4 Å². The van der Waals surface area contributed by atoms with Crippen LogP contribution in [0.3, 0.4) is 0 Å². The number of hydrazone groups is 1. The fraction of sp³-hybridized carbons (Fsp3) is 0.231. The van der Waals surface area contributed by atoms with Gasteiger partial charge in [0.2, 0.25) is 5.95 Å². The van der Waals surface area contributed by atoms with E-state index < -0.39 is 0 Å². The Hall–Kier alpha value is -2.50. The normalized spacial score (nSPS) is 10.8. The number of pyridine rings is 1. The van der Waals surface area contributed by atoms with Gasteiger partial charge in [-0.25, -0.2) is 10.4 Å². The minimum absolute atomic E-state index is 0.186. The Morgan fingerprint density at radius 2 is 2.37 bits per heavy atom. The largest absolute Gasteiger partial charge is 0.291 e. The van der Waals surface area contributed by atoms with Crippen molar-refractivity contribution in [3.8, 4) is 0 Å². The van der Waals surface area contributed by atoms with E-state index in [-0.39, 0.29) is 5.56 Å². The molecule has 0 spiro atoms. The number of aromatic nitrogens is 3. The van der Waals surface area contributed by atoms with Gasteiger partial charge in [0, 0.05) is 18.0 Å². The van der Waals surface area contributed by atoms with Gasteiger partial charge in [0.05, 0.1) is 11.9 Å². The highest BCUT2D eigenvalue weighted by Crippen LogP contribution is 2.00. The molecule has 2 heterocycles. The van der Waals surface area contributed by atoms with Gasteiger partial charge >= 0.3 is 0 Å². The molecule has 0 amide bonds. The Kier molecular flexibility index (Phi) is 4.39. The molecular formula is C13H15N5O. The third-order valence-electron chi connectivity index (χ3n) is 2.36. The van der Waals surface area contributed by atoms with Crippen molar-refractivity contribution in [1.29, 1.82) is 0 Å². The van der Waals surface area contributed by atoms with E-state index in [1.807, 2.05) is 25.1 Å². The number of nitrogens with zero attached hydrogens (tertiary/aromatic N) is 3. The fourth-order valence-corrected chi connectivity index (χ4v) is 1.56. The summed E-state index contributed by atoms with van der Waals surface area (Å²) in [6, 6.07) is 7.03. The maximum Gasteiger partial charge on any atom is 0.252 e. The summed E-state index contributed by atoms with van der Waals surface area (Å²) in [5.74, 6) is 0.336. The molecule has 0 aromatic carbocycles. The first kappa shape index (κ1) is 12.9. The molecule has 0 aliphatic heterocycles. The van der Waals surface area contributed by atoms with Crippen LogP contribution in [-0.2, 0) is 6.42 Å². The second-order valence-electron chi connectivity index (χ2n) is 3.96. The van der Waals surface area contributed by atoms with Crippen LogP contribution >= 0.6 is 0 Å². The Morgan fingerprint density at radius 3 is 3.11 bits per heavy atom. The van der Waals surface area contributed by atoms with Gasteiger partial charge < -0.3 is 0 Å². The highest BCUT2D eigenvalue weighted by Gasteiger charge is 1.99. The molecule has 2 aromatic heterocycles. The summed E-state index contributed by atoms with van der Waals surface area (Å²) in [6.07, 6.45) is 4.95. The van der Waals surface area contributed by atoms with Crippen LogP contribution in [0.5, 0.6) is 0 Å². The van der Waals surface area contributed by atoms with Gasteiger partial charge in [-0.1, -0.05) is 19.4 Å². The molecule has 6 heteroatoms. The predicted octanol–water partition coefficient (Wildman–Crippen LogP) is 1.56. The van der Waals surface area contributed by atoms with E-state index >= 15 is 0 Å². The molecule has 98 valence electrons. The van der Waals surface area contributed by atoms with Crippen LogP contribution in [0.25, 0.3) is 0 Å². The van der Waals surface area contributed by atoms with Gasteiger partial charge in [-0.05, 0) is 18.6 Å². The zero-order valence-corrected chi connectivity index (χ0v) is 10.6. The molecule has 0 unspecified atom stereocenters. The molecule has 0 aliphatic carbocycles. The van der Waals surface area contributed by atoms with Crippen molar-refractivity contribution in [2.45, 2.75) is 19.8 Å². The number of aryl methyl sites for hydroxylation is 1. The van der Waals surface area contributed by atoms with Crippen LogP contribution in [0.4, 0.5) is 5.95 Å². The van der Waals surface area contributed by atoms with Gasteiger partial charge in [0.1, 0.15) is 0 Å². The molecule has 0 bridgehead atoms. The number of hydrogen-bond acceptors (Lipinski definition) is 5. The molecular weight excluding hydrogens is 242 g/mol. The maximum atomic E-state index is 11.4. The average Bonchev–Trinajstić information content (AvgIpc) is 2.40. The Balaban J connectivity index is 2.07. The smallest absolute Gasteiger partial charge is 0.252 e. The first-order chi connectivity index (χ1) is 9.28. The van der Waals surface area contributed by atoms with E-state index in [9.17, 15) is 4.79 Å². The molecule has 2 aromatic rings. The van der Waals surface area contributed by atoms with E-state index in [1.165, 1.54) is 6.07 Å². The molecule has 6 nitrogen and oxygen atoms in total. The lowest BCUT2D eigenvalue weighted by atomic mass is 10.2. The lowest BCUT2D eigenvalue weighted by molar-refractivity contribution is 0.867. The minimum Gasteiger partial charge on any atom is -0.291 e. The fourth-order valence-electron chi connectivity index (χ4n) is 1.56. The SMILES string of the molecule is CCCc1cc(=O)[nH]c(N/N=C/c2ccccn2)n1. The second-order valence-corrected chi connectivity index (χ2v) is 3.96. The third-order valence-corrected chi connectivity index (χ3v) is 2.36. The highest BCUT2D eigenvalue weighted by atomic mass is 16.1. The van der Waals surface area contributed by atoms with Crippen molar-refractivity contribution >= 4 is 12.2 Å². The van der Waals surface area contributed by atoms with Crippen LogP contribution in [0.1, 0.15) is 24.7 Å². The lowest BCUT2D eigenvalue weighted by Crippen LogP contribution is -2.12. The van der Waals surface area contributed by atoms with Gasteiger partial charge in [-0.15, -0.1) is 0 Å². The summed E-state index contributed by atoms with van der Waals surface area (Å²) < 4.78 is 0. The van der Waals surface area contributed by atoms with Crippen molar-refractivity contribution in [2.75, 3.05) is 5.43 Å². The van der Waals surface area contributed by atoms with E-state index in [2.05, 4.69) is 25.5 Å². The molecule has 2 rings (SSSR count). The molecule has 0 atom stereocenters. The number of aromatic amines is 1. The molecule has 0 fully saturated rings. The molecule has 19 heavy (non-hydrogen) atoms. The Labute approximate surface area is 110 Å². The van der Waals surface area contributed by atoms with Crippen molar-refractivity contribution in [3.05, 3.63) is 52.2 Å². The Morgan fingerprint density at radius 1 is 1.47 bits per heavy atom. The quantitative estimate of drug-likeness (QED) is 0.629. The monoisotopic (exact) mass is 257 g/mol. The van der Waals surface area contributed by atoms with Crippen molar-refractivity contribution in [3.63, 3.8) is 0 Å². The van der Waals surface area contributed by atoms with Crippen LogP contribution < -0.4 is 11.0 Å². The summed E-state index contributed by atoms with van der Waals surface area (Å²) in [7, 11) is 0. The zero-order chi connectivity index (χ0) is 13.5. The van der Waals surface area contributed by atoms with Gasteiger partial charge in [0.15, 0.2) is 0 Å². The molecule has 0 aliphatic rings. The molecule has 0 saturated carbocycles. The van der Waals surface area contributed by atoms with Crippen molar-refractivity contribution in [1.82, 2.24) is 15.0 Å². The lowest BCUT2D eigenvalue weighted by Gasteiger charge is -2.01. The van der Waals surface area contributed by atoms with Crippen LogP contribution in [0, 0.1) is 0 Å². The predicted molar refractivity (Wildman–Crippen MR) is 74.3 cm³/mol. The average molecular weight is 257 g/mol.